The molecule has 0 spiro atoms. The van der Waals surface area contributed by atoms with E-state index >= 15 is 0 Å². The predicted molar refractivity (Wildman–Crippen MR) is 74.8 cm³/mol. The number of ether oxygens (including phenoxy) is 2. The van der Waals surface area contributed by atoms with Crippen LogP contribution in [0.15, 0.2) is 24.3 Å². The summed E-state index contributed by atoms with van der Waals surface area (Å²) in [5, 5.41) is 38.4. The molecule has 6 nitrogen and oxygen atoms in total. The van der Waals surface area contributed by atoms with Gasteiger partial charge in [0.05, 0.1) is 6.61 Å². The maximum atomic E-state index is 9.88. The molecule has 1 aromatic rings. The molecule has 1 fully saturated rings. The highest BCUT2D eigenvalue weighted by Gasteiger charge is 2.44. The van der Waals surface area contributed by atoms with Gasteiger partial charge >= 0.3 is 0 Å². The fourth-order valence-electron chi connectivity index (χ4n) is 2.32. The summed E-state index contributed by atoms with van der Waals surface area (Å²) in [5.41, 5.74) is 1.18. The molecule has 0 radical (unpaired) electrons. The number of benzene rings is 1. The van der Waals surface area contributed by atoms with Gasteiger partial charge in [0.2, 0.25) is 6.29 Å². The Morgan fingerprint density at radius 2 is 1.71 bits per heavy atom. The molecule has 1 heterocycles. The van der Waals surface area contributed by atoms with Crippen LogP contribution in [0.4, 0.5) is 0 Å². The first kappa shape index (κ1) is 16.2. The van der Waals surface area contributed by atoms with Crippen molar-refractivity contribution in [1.29, 1.82) is 0 Å². The quantitative estimate of drug-likeness (QED) is 0.602. The molecule has 6 heteroatoms. The molecule has 0 aliphatic carbocycles. The Kier molecular flexibility index (Phi) is 5.55. The molecule has 4 N–H and O–H groups in total. The largest absolute Gasteiger partial charge is 0.462 e. The predicted octanol–water partition coefficient (Wildman–Crippen LogP) is -0.182. The maximum absolute atomic E-state index is 9.88. The van der Waals surface area contributed by atoms with Crippen molar-refractivity contribution in [2.75, 3.05) is 6.61 Å². The van der Waals surface area contributed by atoms with E-state index in [9.17, 15) is 15.3 Å². The van der Waals surface area contributed by atoms with Crippen molar-refractivity contribution in [1.82, 2.24) is 0 Å². The SMILES string of the molecule is CCCc1ccc(OC2O[C@H](CO)[C@@H](O)[C@H](O)[C@H]2O)cc1. The summed E-state index contributed by atoms with van der Waals surface area (Å²) in [4.78, 5) is 0. The number of hydrogen-bond acceptors (Lipinski definition) is 6. The van der Waals surface area contributed by atoms with Crippen LogP contribution < -0.4 is 4.74 Å². The van der Waals surface area contributed by atoms with E-state index in [1.165, 1.54) is 5.56 Å². The minimum atomic E-state index is -1.43. The van der Waals surface area contributed by atoms with Gasteiger partial charge in [0.25, 0.3) is 0 Å². The second-order valence-corrected chi connectivity index (χ2v) is 5.21. The summed E-state index contributed by atoms with van der Waals surface area (Å²) in [6.07, 6.45) is -4.28. The second-order valence-electron chi connectivity index (χ2n) is 5.21. The van der Waals surface area contributed by atoms with Crippen molar-refractivity contribution in [2.45, 2.75) is 50.5 Å². The zero-order valence-corrected chi connectivity index (χ0v) is 11.9. The highest BCUT2D eigenvalue weighted by Crippen LogP contribution is 2.24. The molecule has 21 heavy (non-hydrogen) atoms. The van der Waals surface area contributed by atoms with Crippen molar-refractivity contribution >= 4 is 0 Å². The fraction of sp³-hybridized carbons (Fsp3) is 0.600. The van der Waals surface area contributed by atoms with Crippen molar-refractivity contribution in [3.8, 4) is 5.75 Å². The highest BCUT2D eigenvalue weighted by molar-refractivity contribution is 5.27. The van der Waals surface area contributed by atoms with Crippen LogP contribution in [0.25, 0.3) is 0 Å². The van der Waals surface area contributed by atoms with Gasteiger partial charge in [-0.05, 0) is 24.1 Å². The number of aryl methyl sites for hydroxylation is 1. The summed E-state index contributed by atoms with van der Waals surface area (Å²) in [7, 11) is 0. The van der Waals surface area contributed by atoms with Gasteiger partial charge in [0.1, 0.15) is 30.2 Å². The lowest BCUT2D eigenvalue weighted by Crippen LogP contribution is -2.60. The second kappa shape index (κ2) is 7.20. The highest BCUT2D eigenvalue weighted by atomic mass is 16.7. The number of aliphatic hydroxyl groups excluding tert-OH is 4. The smallest absolute Gasteiger partial charge is 0.229 e. The summed E-state index contributed by atoms with van der Waals surface area (Å²) in [5.74, 6) is 0.485. The van der Waals surface area contributed by atoms with Gasteiger partial charge in [0, 0.05) is 0 Å². The van der Waals surface area contributed by atoms with Crippen LogP contribution in [-0.4, -0.2) is 57.7 Å². The Morgan fingerprint density at radius 1 is 1.05 bits per heavy atom. The van der Waals surface area contributed by atoms with Crippen molar-refractivity contribution in [2.24, 2.45) is 0 Å². The molecule has 0 aromatic heterocycles. The number of rotatable bonds is 5. The zero-order valence-electron chi connectivity index (χ0n) is 11.9. The maximum Gasteiger partial charge on any atom is 0.229 e. The lowest BCUT2D eigenvalue weighted by Gasteiger charge is -2.39. The van der Waals surface area contributed by atoms with Gasteiger partial charge < -0.3 is 29.9 Å². The first-order valence-corrected chi connectivity index (χ1v) is 7.13. The van der Waals surface area contributed by atoms with Crippen molar-refractivity contribution in [3.63, 3.8) is 0 Å². The molecule has 0 bridgehead atoms. The van der Waals surface area contributed by atoms with Crippen LogP contribution in [0.1, 0.15) is 18.9 Å². The van der Waals surface area contributed by atoms with Crippen LogP contribution in [0, 0.1) is 0 Å². The van der Waals surface area contributed by atoms with E-state index in [0.29, 0.717) is 5.75 Å². The van der Waals surface area contributed by atoms with Gasteiger partial charge in [-0.3, -0.25) is 0 Å². The van der Waals surface area contributed by atoms with Crippen LogP contribution in [-0.2, 0) is 11.2 Å². The molecule has 1 unspecified atom stereocenters. The summed E-state index contributed by atoms with van der Waals surface area (Å²) in [6.45, 7) is 1.62. The van der Waals surface area contributed by atoms with Gasteiger partial charge in [-0.1, -0.05) is 25.5 Å². The molecule has 0 saturated carbocycles. The van der Waals surface area contributed by atoms with E-state index in [-0.39, 0.29) is 0 Å². The average Bonchev–Trinajstić information content (AvgIpc) is 2.50. The van der Waals surface area contributed by atoms with Crippen LogP contribution in [0.5, 0.6) is 5.75 Å². The Morgan fingerprint density at radius 3 is 2.29 bits per heavy atom. The average molecular weight is 298 g/mol. The Balaban J connectivity index is 2.03. The van der Waals surface area contributed by atoms with E-state index in [1.807, 2.05) is 12.1 Å². The molecule has 0 amide bonds. The Bertz CT molecular complexity index is 432. The minimum Gasteiger partial charge on any atom is -0.462 e. The van der Waals surface area contributed by atoms with Crippen LogP contribution >= 0.6 is 0 Å². The molecule has 1 aliphatic rings. The van der Waals surface area contributed by atoms with Crippen molar-refractivity contribution in [3.05, 3.63) is 29.8 Å². The molecular weight excluding hydrogens is 276 g/mol. The van der Waals surface area contributed by atoms with E-state index in [4.69, 9.17) is 14.6 Å². The zero-order chi connectivity index (χ0) is 15.4. The standard InChI is InChI=1S/C15H22O6/c1-2-3-9-4-6-10(7-5-9)20-15-14(19)13(18)12(17)11(8-16)21-15/h4-7,11-19H,2-3,8H2,1H3/t11-,12-,13+,14-,15?/m1/s1. The number of aliphatic hydroxyl groups is 4. The fourth-order valence-corrected chi connectivity index (χ4v) is 2.32. The van der Waals surface area contributed by atoms with Gasteiger partial charge in [-0.25, -0.2) is 0 Å². The lowest BCUT2D eigenvalue weighted by atomic mass is 9.99. The monoisotopic (exact) mass is 298 g/mol. The summed E-state index contributed by atoms with van der Waals surface area (Å²) < 4.78 is 10.8. The molecule has 2 rings (SSSR count). The molecule has 1 aliphatic heterocycles. The third kappa shape index (κ3) is 3.72. The first-order chi connectivity index (χ1) is 10.1. The molecule has 5 atom stereocenters. The van der Waals surface area contributed by atoms with E-state index in [0.717, 1.165) is 12.8 Å². The molecule has 1 aromatic carbocycles. The molecule has 118 valence electrons. The van der Waals surface area contributed by atoms with Crippen LogP contribution in [0.2, 0.25) is 0 Å². The third-order valence-corrected chi connectivity index (χ3v) is 3.56. The summed E-state index contributed by atoms with van der Waals surface area (Å²) >= 11 is 0. The number of hydrogen-bond donors (Lipinski definition) is 4. The lowest BCUT2D eigenvalue weighted by molar-refractivity contribution is -0.277. The Hall–Kier alpha value is -1.18. The van der Waals surface area contributed by atoms with Gasteiger partial charge in [-0.15, -0.1) is 0 Å². The molecule has 1 saturated heterocycles. The van der Waals surface area contributed by atoms with Gasteiger partial charge in [-0.2, -0.15) is 0 Å². The normalized spacial score (nSPS) is 32.9. The van der Waals surface area contributed by atoms with Gasteiger partial charge in [0.15, 0.2) is 0 Å². The van der Waals surface area contributed by atoms with Crippen molar-refractivity contribution < 1.29 is 29.9 Å². The van der Waals surface area contributed by atoms with E-state index in [1.54, 1.807) is 12.1 Å². The summed E-state index contributed by atoms with van der Waals surface area (Å²) in [6, 6.07) is 7.35. The topological polar surface area (TPSA) is 99.4 Å². The first-order valence-electron chi connectivity index (χ1n) is 7.13. The van der Waals surface area contributed by atoms with E-state index in [2.05, 4.69) is 6.92 Å². The van der Waals surface area contributed by atoms with E-state index < -0.39 is 37.3 Å². The Labute approximate surface area is 123 Å². The minimum absolute atomic E-state index is 0.472. The molecular formula is C15H22O6. The van der Waals surface area contributed by atoms with Crippen LogP contribution in [0.3, 0.4) is 0 Å². The third-order valence-electron chi connectivity index (χ3n) is 3.56.